The number of hydrogen-bond donors (Lipinski definition) is 2. The highest BCUT2D eigenvalue weighted by Crippen LogP contribution is 2.31. The SMILES string of the molecule is CNCC1CCCN1S(=O)(=O)c1cn[nH]c1C(C)(C)C. The summed E-state index contributed by atoms with van der Waals surface area (Å²) in [5.74, 6) is 0. The zero-order valence-electron chi connectivity index (χ0n) is 12.6. The van der Waals surface area contributed by atoms with Gasteiger partial charge in [-0.15, -0.1) is 0 Å². The molecule has 1 aromatic rings. The molecule has 1 aliphatic heterocycles. The molecule has 20 heavy (non-hydrogen) atoms. The average molecular weight is 300 g/mol. The summed E-state index contributed by atoms with van der Waals surface area (Å²) in [6.45, 7) is 7.21. The van der Waals surface area contributed by atoms with E-state index in [0.29, 0.717) is 23.7 Å². The Morgan fingerprint density at radius 1 is 1.50 bits per heavy atom. The molecule has 2 rings (SSSR count). The maximum Gasteiger partial charge on any atom is 0.246 e. The van der Waals surface area contributed by atoms with Crippen LogP contribution in [-0.4, -0.2) is 49.1 Å². The standard InChI is InChI=1S/C13H24N4O2S/c1-13(2,3)12-11(9-15-16-12)20(18,19)17-7-5-6-10(17)8-14-4/h9-10,14H,5-8H2,1-4H3,(H,15,16). The van der Waals surface area contributed by atoms with Gasteiger partial charge in [-0.1, -0.05) is 20.8 Å². The van der Waals surface area contributed by atoms with Crippen molar-refractivity contribution in [3.63, 3.8) is 0 Å². The molecule has 2 heterocycles. The highest BCUT2D eigenvalue weighted by atomic mass is 32.2. The van der Waals surface area contributed by atoms with Crippen molar-refractivity contribution in [3.8, 4) is 0 Å². The molecule has 0 radical (unpaired) electrons. The van der Waals surface area contributed by atoms with Gasteiger partial charge in [0.25, 0.3) is 0 Å². The van der Waals surface area contributed by atoms with E-state index in [9.17, 15) is 8.42 Å². The van der Waals surface area contributed by atoms with Gasteiger partial charge in [0.15, 0.2) is 0 Å². The van der Waals surface area contributed by atoms with Crippen LogP contribution in [0.15, 0.2) is 11.1 Å². The number of rotatable bonds is 4. The molecule has 7 heteroatoms. The van der Waals surface area contributed by atoms with Crippen molar-refractivity contribution in [3.05, 3.63) is 11.9 Å². The second-order valence-electron chi connectivity index (χ2n) is 6.33. The Bertz CT molecular complexity index is 559. The molecule has 1 aromatic heterocycles. The Labute approximate surface area is 121 Å². The third-order valence-electron chi connectivity index (χ3n) is 3.70. The van der Waals surface area contributed by atoms with Crippen molar-refractivity contribution < 1.29 is 8.42 Å². The summed E-state index contributed by atoms with van der Waals surface area (Å²) < 4.78 is 27.4. The maximum atomic E-state index is 12.9. The van der Waals surface area contributed by atoms with Gasteiger partial charge >= 0.3 is 0 Å². The van der Waals surface area contributed by atoms with Gasteiger partial charge in [0, 0.05) is 24.5 Å². The van der Waals surface area contributed by atoms with Crippen molar-refractivity contribution in [2.45, 2.75) is 50.0 Å². The number of H-pyrrole nitrogens is 1. The predicted octanol–water partition coefficient (Wildman–Crippen LogP) is 1.08. The fourth-order valence-corrected chi connectivity index (χ4v) is 4.69. The zero-order valence-corrected chi connectivity index (χ0v) is 13.4. The van der Waals surface area contributed by atoms with Crippen molar-refractivity contribution in [2.24, 2.45) is 0 Å². The fourth-order valence-electron chi connectivity index (χ4n) is 2.70. The number of aromatic nitrogens is 2. The largest absolute Gasteiger partial charge is 0.318 e. The van der Waals surface area contributed by atoms with Crippen LogP contribution in [0.25, 0.3) is 0 Å². The second-order valence-corrected chi connectivity index (χ2v) is 8.19. The van der Waals surface area contributed by atoms with Gasteiger partial charge in [-0.25, -0.2) is 8.42 Å². The summed E-state index contributed by atoms with van der Waals surface area (Å²) in [6, 6.07) is 0.0349. The minimum atomic E-state index is -3.48. The molecule has 114 valence electrons. The van der Waals surface area contributed by atoms with Crippen molar-refractivity contribution in [1.82, 2.24) is 19.8 Å². The molecule has 1 aliphatic rings. The van der Waals surface area contributed by atoms with E-state index in [0.717, 1.165) is 12.8 Å². The molecular formula is C13H24N4O2S. The van der Waals surface area contributed by atoms with E-state index >= 15 is 0 Å². The van der Waals surface area contributed by atoms with Crippen molar-refractivity contribution in [1.29, 1.82) is 0 Å². The molecule has 1 saturated heterocycles. The van der Waals surface area contributed by atoms with Crippen molar-refractivity contribution >= 4 is 10.0 Å². The number of likely N-dealkylation sites (N-methyl/N-ethyl adjacent to an activating group) is 1. The number of aromatic amines is 1. The molecule has 0 aromatic carbocycles. The molecule has 1 unspecified atom stereocenters. The first-order chi connectivity index (χ1) is 9.28. The second kappa shape index (κ2) is 5.46. The maximum absolute atomic E-state index is 12.9. The molecule has 0 saturated carbocycles. The minimum Gasteiger partial charge on any atom is -0.318 e. The van der Waals surface area contributed by atoms with Crippen LogP contribution in [0, 0.1) is 0 Å². The Kier molecular flexibility index (Phi) is 4.22. The summed E-state index contributed by atoms with van der Waals surface area (Å²) >= 11 is 0. The lowest BCUT2D eigenvalue weighted by Gasteiger charge is -2.25. The van der Waals surface area contributed by atoms with Crippen LogP contribution < -0.4 is 5.32 Å². The topological polar surface area (TPSA) is 78.1 Å². The normalized spacial score (nSPS) is 21.5. The fraction of sp³-hybridized carbons (Fsp3) is 0.769. The number of nitrogens with one attached hydrogen (secondary N) is 2. The van der Waals surface area contributed by atoms with Crippen LogP contribution in [0.1, 0.15) is 39.3 Å². The van der Waals surface area contributed by atoms with E-state index in [4.69, 9.17) is 0 Å². The van der Waals surface area contributed by atoms with Gasteiger partial charge in [-0.05, 0) is 19.9 Å². The van der Waals surface area contributed by atoms with E-state index in [1.54, 1.807) is 4.31 Å². The lowest BCUT2D eigenvalue weighted by molar-refractivity contribution is 0.377. The molecule has 0 bridgehead atoms. The summed E-state index contributed by atoms with van der Waals surface area (Å²) in [5, 5.41) is 9.87. The lowest BCUT2D eigenvalue weighted by Crippen LogP contribution is -2.41. The summed E-state index contributed by atoms with van der Waals surface area (Å²) in [4.78, 5) is 0.313. The molecule has 1 fully saturated rings. The molecule has 6 nitrogen and oxygen atoms in total. The zero-order chi connectivity index (χ0) is 15.0. The average Bonchev–Trinajstić information content (AvgIpc) is 2.96. The smallest absolute Gasteiger partial charge is 0.246 e. The molecule has 0 amide bonds. The van der Waals surface area contributed by atoms with E-state index in [1.165, 1.54) is 6.20 Å². The van der Waals surface area contributed by atoms with E-state index in [-0.39, 0.29) is 11.5 Å². The van der Waals surface area contributed by atoms with E-state index in [1.807, 2.05) is 27.8 Å². The quantitative estimate of drug-likeness (QED) is 0.872. The Morgan fingerprint density at radius 3 is 2.80 bits per heavy atom. The van der Waals surface area contributed by atoms with Gasteiger partial charge in [0.05, 0.1) is 11.9 Å². The van der Waals surface area contributed by atoms with E-state index in [2.05, 4.69) is 15.5 Å². The summed E-state index contributed by atoms with van der Waals surface area (Å²) in [5.41, 5.74) is 0.393. The predicted molar refractivity (Wildman–Crippen MR) is 78.1 cm³/mol. The molecule has 0 aliphatic carbocycles. The first kappa shape index (κ1) is 15.5. The Hall–Kier alpha value is -0.920. The highest BCUT2D eigenvalue weighted by Gasteiger charge is 2.38. The van der Waals surface area contributed by atoms with Gasteiger partial charge in [-0.3, -0.25) is 5.10 Å². The van der Waals surface area contributed by atoms with Gasteiger partial charge in [0.2, 0.25) is 10.0 Å². The molecule has 2 N–H and O–H groups in total. The van der Waals surface area contributed by atoms with Gasteiger partial charge in [0.1, 0.15) is 4.90 Å². The van der Waals surface area contributed by atoms with Crippen LogP contribution >= 0.6 is 0 Å². The third kappa shape index (κ3) is 2.75. The molecule has 1 atom stereocenters. The first-order valence-electron chi connectivity index (χ1n) is 6.98. The van der Waals surface area contributed by atoms with Crippen LogP contribution in [0.5, 0.6) is 0 Å². The summed E-state index contributed by atoms with van der Waals surface area (Å²) in [6.07, 6.45) is 3.25. The van der Waals surface area contributed by atoms with Crippen LogP contribution in [0.3, 0.4) is 0 Å². The minimum absolute atomic E-state index is 0.0349. The van der Waals surface area contributed by atoms with Crippen LogP contribution in [0.4, 0.5) is 0 Å². The van der Waals surface area contributed by atoms with Gasteiger partial charge in [-0.2, -0.15) is 9.40 Å². The van der Waals surface area contributed by atoms with E-state index < -0.39 is 10.0 Å². The number of hydrogen-bond acceptors (Lipinski definition) is 4. The number of sulfonamides is 1. The van der Waals surface area contributed by atoms with Crippen molar-refractivity contribution in [2.75, 3.05) is 20.1 Å². The summed E-state index contributed by atoms with van der Waals surface area (Å²) in [7, 11) is -1.63. The lowest BCUT2D eigenvalue weighted by atomic mass is 9.92. The number of nitrogens with zero attached hydrogens (tertiary/aromatic N) is 2. The first-order valence-corrected chi connectivity index (χ1v) is 8.43. The Morgan fingerprint density at radius 2 is 2.20 bits per heavy atom. The van der Waals surface area contributed by atoms with Crippen LogP contribution in [0.2, 0.25) is 0 Å². The third-order valence-corrected chi connectivity index (χ3v) is 5.67. The molecular weight excluding hydrogens is 276 g/mol. The Balaban J connectivity index is 2.38. The highest BCUT2D eigenvalue weighted by molar-refractivity contribution is 7.89. The molecule has 0 spiro atoms. The monoisotopic (exact) mass is 300 g/mol. The van der Waals surface area contributed by atoms with Crippen LogP contribution in [-0.2, 0) is 15.4 Å². The van der Waals surface area contributed by atoms with Gasteiger partial charge < -0.3 is 5.32 Å².